The number of nitrogens with zero attached hydrogens (tertiary/aromatic N) is 1. The van der Waals surface area contributed by atoms with Crippen LogP contribution in [0.15, 0.2) is 33.5 Å². The highest BCUT2D eigenvalue weighted by molar-refractivity contribution is 9.10. The molecule has 1 amide bonds. The lowest BCUT2D eigenvalue weighted by atomic mass is 10.1. The summed E-state index contributed by atoms with van der Waals surface area (Å²) in [6.45, 7) is 0.560. The molecular formula is C15H13BrN2O4. The van der Waals surface area contributed by atoms with Crippen molar-refractivity contribution in [3.8, 4) is 0 Å². The molecule has 0 radical (unpaired) electrons. The number of nitrogens with one attached hydrogen (secondary N) is 1. The highest BCUT2D eigenvalue weighted by atomic mass is 79.9. The molecule has 0 bridgehead atoms. The Labute approximate surface area is 133 Å². The fourth-order valence-electron chi connectivity index (χ4n) is 2.65. The Morgan fingerprint density at radius 1 is 1.32 bits per heavy atom. The molecule has 114 valence electrons. The smallest absolute Gasteiger partial charge is 0.308 e. The SMILES string of the molecule is O=C(O)C1CCN(C(=O)c2cc(=O)c3cc(Br)ccc3[nH]2)C1. The summed E-state index contributed by atoms with van der Waals surface area (Å²) in [5, 5.41) is 9.49. The molecule has 1 aliphatic rings. The quantitative estimate of drug-likeness (QED) is 0.850. The summed E-state index contributed by atoms with van der Waals surface area (Å²) in [6, 6.07) is 6.47. The number of benzene rings is 1. The van der Waals surface area contributed by atoms with E-state index in [1.165, 1.54) is 11.0 Å². The van der Waals surface area contributed by atoms with Gasteiger partial charge in [0, 0.05) is 34.5 Å². The zero-order valence-electron chi connectivity index (χ0n) is 11.5. The summed E-state index contributed by atoms with van der Waals surface area (Å²) in [5.74, 6) is -1.77. The van der Waals surface area contributed by atoms with Gasteiger partial charge in [-0.2, -0.15) is 0 Å². The first-order valence-electron chi connectivity index (χ1n) is 6.80. The molecule has 0 spiro atoms. The van der Waals surface area contributed by atoms with E-state index in [-0.39, 0.29) is 23.6 Å². The van der Waals surface area contributed by atoms with E-state index >= 15 is 0 Å². The highest BCUT2D eigenvalue weighted by Crippen LogP contribution is 2.20. The van der Waals surface area contributed by atoms with Crippen molar-refractivity contribution in [2.45, 2.75) is 6.42 Å². The Kier molecular flexibility index (Phi) is 3.74. The maximum atomic E-state index is 12.4. The number of aromatic nitrogens is 1. The monoisotopic (exact) mass is 364 g/mol. The van der Waals surface area contributed by atoms with Gasteiger partial charge >= 0.3 is 5.97 Å². The van der Waals surface area contributed by atoms with Crippen LogP contribution in [0.25, 0.3) is 10.9 Å². The van der Waals surface area contributed by atoms with Gasteiger partial charge in [0.05, 0.1) is 5.92 Å². The number of aliphatic carboxylic acids is 1. The third-order valence-electron chi connectivity index (χ3n) is 3.85. The Balaban J connectivity index is 1.94. The zero-order chi connectivity index (χ0) is 15.9. The van der Waals surface area contributed by atoms with Gasteiger partial charge in [-0.1, -0.05) is 15.9 Å². The number of rotatable bonds is 2. The molecule has 2 heterocycles. The molecule has 2 aromatic rings. The van der Waals surface area contributed by atoms with Gasteiger partial charge in [-0.15, -0.1) is 0 Å². The third kappa shape index (κ3) is 2.64. The Bertz CT molecular complexity index is 830. The molecule has 1 saturated heterocycles. The van der Waals surface area contributed by atoms with E-state index in [9.17, 15) is 14.4 Å². The van der Waals surface area contributed by atoms with E-state index in [2.05, 4.69) is 20.9 Å². The van der Waals surface area contributed by atoms with Crippen molar-refractivity contribution < 1.29 is 14.7 Å². The Hall–Kier alpha value is -2.15. The second-order valence-corrected chi connectivity index (χ2v) is 6.23. The van der Waals surface area contributed by atoms with Crippen LogP contribution >= 0.6 is 15.9 Å². The van der Waals surface area contributed by atoms with Crippen molar-refractivity contribution in [3.05, 3.63) is 44.7 Å². The van der Waals surface area contributed by atoms with E-state index in [1.54, 1.807) is 18.2 Å². The lowest BCUT2D eigenvalue weighted by Gasteiger charge is -2.16. The first-order chi connectivity index (χ1) is 10.5. The molecule has 2 N–H and O–H groups in total. The number of hydrogen-bond acceptors (Lipinski definition) is 3. The number of likely N-dealkylation sites (tertiary alicyclic amines) is 1. The van der Waals surface area contributed by atoms with Gasteiger partial charge in [-0.25, -0.2) is 0 Å². The van der Waals surface area contributed by atoms with E-state index in [1.807, 2.05) is 0 Å². The molecular weight excluding hydrogens is 352 g/mol. The predicted octanol–water partition coefficient (Wildman–Crippen LogP) is 1.84. The first kappa shape index (κ1) is 14.8. The molecule has 3 rings (SSSR count). The summed E-state index contributed by atoms with van der Waals surface area (Å²) in [6.07, 6.45) is 0.436. The molecule has 1 aromatic heterocycles. The third-order valence-corrected chi connectivity index (χ3v) is 4.34. The van der Waals surface area contributed by atoms with Gasteiger partial charge in [0.15, 0.2) is 5.43 Å². The van der Waals surface area contributed by atoms with Gasteiger partial charge in [0.25, 0.3) is 5.91 Å². The molecule has 1 fully saturated rings. The summed E-state index contributed by atoms with van der Waals surface area (Å²) >= 11 is 3.30. The van der Waals surface area contributed by atoms with Crippen molar-refractivity contribution in [1.82, 2.24) is 9.88 Å². The fourth-order valence-corrected chi connectivity index (χ4v) is 3.01. The van der Waals surface area contributed by atoms with Crippen molar-refractivity contribution in [2.75, 3.05) is 13.1 Å². The van der Waals surface area contributed by atoms with Gasteiger partial charge < -0.3 is 15.0 Å². The van der Waals surface area contributed by atoms with Gasteiger partial charge in [-0.05, 0) is 24.6 Å². The van der Waals surface area contributed by atoms with Crippen LogP contribution in [0.3, 0.4) is 0 Å². The molecule has 22 heavy (non-hydrogen) atoms. The number of aromatic amines is 1. The minimum atomic E-state index is -0.896. The fraction of sp³-hybridized carbons (Fsp3) is 0.267. The molecule has 1 atom stereocenters. The van der Waals surface area contributed by atoms with Gasteiger partial charge in [-0.3, -0.25) is 14.4 Å². The lowest BCUT2D eigenvalue weighted by molar-refractivity contribution is -0.141. The number of pyridine rings is 1. The van der Waals surface area contributed by atoms with Crippen molar-refractivity contribution in [1.29, 1.82) is 0 Å². The number of carbonyl (C=O) groups is 2. The normalized spacial score (nSPS) is 17.9. The predicted molar refractivity (Wildman–Crippen MR) is 83.9 cm³/mol. The molecule has 0 saturated carbocycles. The Morgan fingerprint density at radius 2 is 2.09 bits per heavy atom. The summed E-state index contributed by atoms with van der Waals surface area (Å²) in [4.78, 5) is 40.0. The molecule has 1 aliphatic heterocycles. The van der Waals surface area contributed by atoms with Crippen molar-refractivity contribution in [2.24, 2.45) is 5.92 Å². The maximum absolute atomic E-state index is 12.4. The maximum Gasteiger partial charge on any atom is 0.308 e. The molecule has 7 heteroatoms. The largest absolute Gasteiger partial charge is 0.481 e. The highest BCUT2D eigenvalue weighted by Gasteiger charge is 2.31. The number of carbonyl (C=O) groups excluding carboxylic acids is 1. The Morgan fingerprint density at radius 3 is 2.77 bits per heavy atom. The van der Waals surface area contributed by atoms with Crippen LogP contribution in [-0.2, 0) is 4.79 Å². The van der Waals surface area contributed by atoms with Crippen LogP contribution in [0.2, 0.25) is 0 Å². The van der Waals surface area contributed by atoms with E-state index in [0.717, 1.165) is 4.47 Å². The summed E-state index contributed by atoms with van der Waals surface area (Å²) in [5.41, 5.74) is 0.520. The lowest BCUT2D eigenvalue weighted by Crippen LogP contribution is -2.31. The first-order valence-corrected chi connectivity index (χ1v) is 7.59. The van der Waals surface area contributed by atoms with Crippen molar-refractivity contribution in [3.63, 3.8) is 0 Å². The van der Waals surface area contributed by atoms with E-state index in [0.29, 0.717) is 23.9 Å². The minimum absolute atomic E-state index is 0.175. The number of amides is 1. The topological polar surface area (TPSA) is 90.5 Å². The van der Waals surface area contributed by atoms with E-state index in [4.69, 9.17) is 5.11 Å². The van der Waals surface area contributed by atoms with Crippen LogP contribution in [0.1, 0.15) is 16.9 Å². The number of H-pyrrole nitrogens is 1. The van der Waals surface area contributed by atoms with E-state index < -0.39 is 11.9 Å². The van der Waals surface area contributed by atoms with Gasteiger partial charge in [0.2, 0.25) is 0 Å². The number of halogens is 1. The molecule has 6 nitrogen and oxygen atoms in total. The zero-order valence-corrected chi connectivity index (χ0v) is 13.1. The number of hydrogen-bond donors (Lipinski definition) is 2. The standard InChI is InChI=1S/C15H13BrN2O4/c16-9-1-2-11-10(5-9)13(19)6-12(17-11)14(20)18-4-3-8(7-18)15(21)22/h1-2,5-6,8H,3-4,7H2,(H,17,19)(H,21,22). The second-order valence-electron chi connectivity index (χ2n) is 5.31. The second kappa shape index (κ2) is 5.57. The van der Waals surface area contributed by atoms with Crippen LogP contribution in [0.5, 0.6) is 0 Å². The average Bonchev–Trinajstić information content (AvgIpc) is 2.97. The summed E-state index contributed by atoms with van der Waals surface area (Å²) < 4.78 is 0.786. The average molecular weight is 365 g/mol. The molecule has 0 aliphatic carbocycles. The number of carboxylic acids is 1. The van der Waals surface area contributed by atoms with Gasteiger partial charge in [0.1, 0.15) is 5.69 Å². The molecule has 1 unspecified atom stereocenters. The number of carboxylic acid groups (broad SMARTS) is 1. The minimum Gasteiger partial charge on any atom is -0.481 e. The van der Waals surface area contributed by atoms with Crippen LogP contribution in [0, 0.1) is 5.92 Å². The van der Waals surface area contributed by atoms with Crippen molar-refractivity contribution >= 4 is 38.7 Å². The number of fused-ring (bicyclic) bond motifs is 1. The van der Waals surface area contributed by atoms with Crippen LogP contribution in [-0.4, -0.2) is 40.0 Å². The molecule has 1 aromatic carbocycles. The summed E-state index contributed by atoms with van der Waals surface area (Å²) in [7, 11) is 0. The van der Waals surface area contributed by atoms with Crippen LogP contribution in [0.4, 0.5) is 0 Å². The van der Waals surface area contributed by atoms with Crippen LogP contribution < -0.4 is 5.43 Å².